The number of ketones is 1. The molecule has 19 heavy (non-hydrogen) atoms. The van der Waals surface area contributed by atoms with Crippen LogP contribution in [0.15, 0.2) is 34.9 Å². The molecule has 1 aromatic carbocycles. The molecule has 2 aromatic rings. The first-order chi connectivity index (χ1) is 9.04. The molecule has 0 aliphatic rings. The topological polar surface area (TPSA) is 54.0 Å². The number of Topliss-reactive ketones (excluding diaryl/α,β-unsaturated/α-hetero) is 1. The maximum absolute atomic E-state index is 13.0. The number of halogens is 3. The fourth-order valence-electron chi connectivity index (χ4n) is 1.63. The molecule has 6 heteroatoms. The molecule has 2 rings (SSSR count). The van der Waals surface area contributed by atoms with Gasteiger partial charge in [0.05, 0.1) is 17.9 Å². The maximum atomic E-state index is 13.0. The van der Waals surface area contributed by atoms with E-state index in [0.717, 1.165) is 12.1 Å². The molecule has 0 saturated heterocycles. The quantitative estimate of drug-likeness (QED) is 0.797. The van der Waals surface area contributed by atoms with Gasteiger partial charge in [0.2, 0.25) is 5.22 Å². The van der Waals surface area contributed by atoms with E-state index in [4.69, 9.17) is 32.9 Å². The third kappa shape index (κ3) is 2.62. The zero-order valence-corrected chi connectivity index (χ0v) is 10.9. The third-order valence-electron chi connectivity index (χ3n) is 2.55. The number of nitriles is 1. The highest BCUT2D eigenvalue weighted by Gasteiger charge is 2.27. The predicted octanol–water partition coefficient (Wildman–Crippen LogP) is 4.22. The lowest BCUT2D eigenvalue weighted by molar-refractivity contribution is 0.0978. The molecule has 0 amide bonds. The van der Waals surface area contributed by atoms with E-state index in [2.05, 4.69) is 0 Å². The average molecular weight is 298 g/mol. The summed E-state index contributed by atoms with van der Waals surface area (Å²) in [5.74, 6) is -2.25. The molecule has 0 N–H and O–H groups in total. The van der Waals surface area contributed by atoms with Crippen LogP contribution < -0.4 is 0 Å². The minimum absolute atomic E-state index is 0.0134. The first kappa shape index (κ1) is 13.6. The molecular weight excluding hydrogens is 292 g/mol. The van der Waals surface area contributed by atoms with E-state index in [-0.39, 0.29) is 21.4 Å². The molecule has 96 valence electrons. The summed E-state index contributed by atoms with van der Waals surface area (Å²) in [5.41, 5.74) is 0.321. The molecular formula is C13H6Cl2FNO2. The van der Waals surface area contributed by atoms with Gasteiger partial charge in [0.25, 0.3) is 0 Å². The second-order valence-electron chi connectivity index (χ2n) is 3.70. The van der Waals surface area contributed by atoms with Gasteiger partial charge < -0.3 is 4.42 Å². The highest BCUT2D eigenvalue weighted by Crippen LogP contribution is 2.30. The van der Waals surface area contributed by atoms with Gasteiger partial charge in [-0.05, 0) is 35.4 Å². The van der Waals surface area contributed by atoms with Crippen LogP contribution in [0.2, 0.25) is 10.2 Å². The van der Waals surface area contributed by atoms with Crippen LogP contribution in [-0.2, 0) is 0 Å². The van der Waals surface area contributed by atoms with Gasteiger partial charge >= 0.3 is 0 Å². The largest absolute Gasteiger partial charge is 0.452 e. The first-order valence-electron chi connectivity index (χ1n) is 5.16. The van der Waals surface area contributed by atoms with Crippen LogP contribution in [-0.4, -0.2) is 5.78 Å². The molecule has 0 aliphatic heterocycles. The molecule has 1 atom stereocenters. The summed E-state index contributed by atoms with van der Waals surface area (Å²) in [6.45, 7) is 0. The van der Waals surface area contributed by atoms with E-state index in [9.17, 15) is 9.18 Å². The van der Waals surface area contributed by atoms with Crippen molar-refractivity contribution in [2.45, 2.75) is 5.92 Å². The summed E-state index contributed by atoms with van der Waals surface area (Å²) in [4.78, 5) is 12.2. The van der Waals surface area contributed by atoms with E-state index in [1.54, 1.807) is 0 Å². The predicted molar refractivity (Wildman–Crippen MR) is 67.8 cm³/mol. The lowest BCUT2D eigenvalue weighted by atomic mass is 9.93. The molecule has 0 saturated carbocycles. The zero-order valence-electron chi connectivity index (χ0n) is 9.36. The summed E-state index contributed by atoms with van der Waals surface area (Å²) < 4.78 is 17.8. The Bertz CT molecular complexity index is 676. The van der Waals surface area contributed by atoms with Gasteiger partial charge in [0.15, 0.2) is 5.78 Å². The van der Waals surface area contributed by atoms with Gasteiger partial charge in [-0.25, -0.2) is 4.39 Å². The smallest absolute Gasteiger partial charge is 0.203 e. The Hall–Kier alpha value is -1.83. The lowest BCUT2D eigenvalue weighted by Crippen LogP contribution is -2.11. The summed E-state index contributed by atoms with van der Waals surface area (Å²) >= 11 is 11.5. The molecule has 0 radical (unpaired) electrons. The van der Waals surface area contributed by atoms with Gasteiger partial charge in [-0.3, -0.25) is 4.79 Å². The van der Waals surface area contributed by atoms with Crippen molar-refractivity contribution < 1.29 is 13.6 Å². The Morgan fingerprint density at radius 1 is 1.37 bits per heavy atom. The van der Waals surface area contributed by atoms with Crippen molar-refractivity contribution >= 4 is 29.0 Å². The number of nitrogens with zero attached hydrogens (tertiary/aromatic N) is 1. The number of carbonyl (C=O) groups excluding carboxylic acids is 1. The highest BCUT2D eigenvalue weighted by molar-refractivity contribution is 6.33. The summed E-state index contributed by atoms with van der Waals surface area (Å²) in [7, 11) is 0. The fourth-order valence-corrected chi connectivity index (χ4v) is 2.11. The molecule has 0 spiro atoms. The standard InChI is InChI=1S/C13H6Cl2FNO2/c14-11-5-7(16)1-2-8(11)10(6-17)12(18)9-3-4-19-13(9)15/h1-5,10H. The lowest BCUT2D eigenvalue weighted by Gasteiger charge is -2.09. The van der Waals surface area contributed by atoms with E-state index in [0.29, 0.717) is 0 Å². The van der Waals surface area contributed by atoms with Gasteiger partial charge in [0.1, 0.15) is 11.7 Å². The SMILES string of the molecule is N#CC(C(=O)c1ccoc1Cl)c1ccc(F)cc1Cl. The maximum Gasteiger partial charge on any atom is 0.203 e. The summed E-state index contributed by atoms with van der Waals surface area (Å²) in [6.07, 6.45) is 1.25. The van der Waals surface area contributed by atoms with Crippen LogP contribution in [0, 0.1) is 17.1 Å². The molecule has 0 bridgehead atoms. The van der Waals surface area contributed by atoms with Crippen molar-refractivity contribution in [2.24, 2.45) is 0 Å². The molecule has 0 fully saturated rings. The van der Waals surface area contributed by atoms with Crippen LogP contribution in [0.4, 0.5) is 4.39 Å². The number of rotatable bonds is 3. The Morgan fingerprint density at radius 3 is 2.63 bits per heavy atom. The Morgan fingerprint density at radius 2 is 2.11 bits per heavy atom. The van der Waals surface area contributed by atoms with Crippen molar-refractivity contribution in [3.8, 4) is 6.07 Å². The number of benzene rings is 1. The number of hydrogen-bond acceptors (Lipinski definition) is 3. The van der Waals surface area contributed by atoms with Crippen molar-refractivity contribution in [1.29, 1.82) is 5.26 Å². The minimum Gasteiger partial charge on any atom is -0.452 e. The number of carbonyl (C=O) groups is 1. The normalized spacial score (nSPS) is 11.9. The molecule has 0 aliphatic carbocycles. The average Bonchev–Trinajstić information content (AvgIpc) is 2.78. The van der Waals surface area contributed by atoms with Gasteiger partial charge in [-0.2, -0.15) is 5.26 Å². The Labute approximate surface area is 118 Å². The van der Waals surface area contributed by atoms with E-state index >= 15 is 0 Å². The summed E-state index contributed by atoms with van der Waals surface area (Å²) in [6, 6.07) is 6.69. The zero-order chi connectivity index (χ0) is 14.0. The Balaban J connectivity index is 2.44. The van der Waals surface area contributed by atoms with Gasteiger partial charge in [-0.15, -0.1) is 0 Å². The van der Waals surface area contributed by atoms with Crippen molar-refractivity contribution in [3.63, 3.8) is 0 Å². The number of furan rings is 1. The van der Waals surface area contributed by atoms with E-state index in [1.807, 2.05) is 6.07 Å². The van der Waals surface area contributed by atoms with Crippen LogP contribution in [0.5, 0.6) is 0 Å². The Kier molecular flexibility index (Phi) is 3.89. The van der Waals surface area contributed by atoms with Crippen molar-refractivity contribution in [1.82, 2.24) is 0 Å². The van der Waals surface area contributed by atoms with Crippen LogP contribution in [0.25, 0.3) is 0 Å². The minimum atomic E-state index is -1.16. The van der Waals surface area contributed by atoms with E-state index < -0.39 is 17.5 Å². The summed E-state index contributed by atoms with van der Waals surface area (Å²) in [5, 5.41) is 9.06. The molecule has 1 unspecified atom stereocenters. The highest BCUT2D eigenvalue weighted by atomic mass is 35.5. The monoisotopic (exact) mass is 297 g/mol. The molecule has 1 aromatic heterocycles. The van der Waals surface area contributed by atoms with Crippen LogP contribution >= 0.6 is 23.2 Å². The fraction of sp³-hybridized carbons (Fsp3) is 0.0769. The van der Waals surface area contributed by atoms with E-state index in [1.165, 1.54) is 18.4 Å². The van der Waals surface area contributed by atoms with Crippen molar-refractivity contribution in [3.05, 3.63) is 57.7 Å². The van der Waals surface area contributed by atoms with Gasteiger partial charge in [-0.1, -0.05) is 17.7 Å². The van der Waals surface area contributed by atoms with Crippen LogP contribution in [0.1, 0.15) is 21.8 Å². The number of hydrogen-bond donors (Lipinski definition) is 0. The van der Waals surface area contributed by atoms with Crippen molar-refractivity contribution in [2.75, 3.05) is 0 Å². The third-order valence-corrected chi connectivity index (χ3v) is 3.17. The molecule has 3 nitrogen and oxygen atoms in total. The van der Waals surface area contributed by atoms with Crippen LogP contribution in [0.3, 0.4) is 0 Å². The second-order valence-corrected chi connectivity index (χ2v) is 4.45. The second kappa shape index (κ2) is 5.43. The first-order valence-corrected chi connectivity index (χ1v) is 5.92. The van der Waals surface area contributed by atoms with Gasteiger partial charge in [0, 0.05) is 5.02 Å². The molecule has 1 heterocycles.